The first-order valence-corrected chi connectivity index (χ1v) is 6.34. The Bertz CT molecular complexity index is 498. The average molecular weight is 299 g/mol. The van der Waals surface area contributed by atoms with Gasteiger partial charge in [-0.25, -0.2) is 4.98 Å². The molecule has 5 heteroatoms. The summed E-state index contributed by atoms with van der Waals surface area (Å²) in [5, 5.41) is 0.929. The number of ether oxygens (including phenoxy) is 1. The summed E-state index contributed by atoms with van der Waals surface area (Å²) >= 11 is 5.03. The molecule has 0 aliphatic heterocycles. The van der Waals surface area contributed by atoms with Gasteiger partial charge in [-0.2, -0.15) is 0 Å². The largest absolute Gasteiger partial charge is 0.496 e. The lowest BCUT2D eigenvalue weighted by atomic mass is 10.2. The minimum atomic E-state index is 0.522. The monoisotopic (exact) mass is 298 g/mol. The van der Waals surface area contributed by atoms with E-state index in [9.17, 15) is 0 Å². The first kappa shape index (κ1) is 11.6. The van der Waals surface area contributed by atoms with Crippen LogP contribution in [0, 0.1) is 0 Å². The highest BCUT2D eigenvalue weighted by molar-refractivity contribution is 9.10. The van der Waals surface area contributed by atoms with E-state index in [-0.39, 0.29) is 0 Å². The first-order chi connectivity index (χ1) is 7.74. The molecule has 0 fully saturated rings. The van der Waals surface area contributed by atoms with Crippen LogP contribution in [-0.2, 0) is 6.54 Å². The van der Waals surface area contributed by atoms with E-state index >= 15 is 0 Å². The number of methoxy groups -OCH3 is 1. The molecule has 0 saturated carbocycles. The highest BCUT2D eigenvalue weighted by atomic mass is 79.9. The van der Waals surface area contributed by atoms with Gasteiger partial charge in [0.05, 0.1) is 12.7 Å². The number of rotatable bonds is 3. The molecule has 2 aromatic rings. The van der Waals surface area contributed by atoms with Gasteiger partial charge in [0.2, 0.25) is 0 Å². The molecule has 0 bridgehead atoms. The Kier molecular flexibility index (Phi) is 3.58. The molecule has 1 aromatic carbocycles. The molecule has 0 radical (unpaired) electrons. The van der Waals surface area contributed by atoms with E-state index in [1.165, 1.54) is 0 Å². The summed E-state index contributed by atoms with van der Waals surface area (Å²) in [5.74, 6) is 0.820. The standard InChI is InChI=1S/C11H11BrN2OS/c1-15-10-3-2-7(12)4-9(10)11-14-6-8(5-13)16-11/h2-4,6H,5,13H2,1H3. The molecule has 0 aliphatic rings. The quantitative estimate of drug-likeness (QED) is 0.947. The number of benzene rings is 1. The number of nitrogens with zero attached hydrogens (tertiary/aromatic N) is 1. The van der Waals surface area contributed by atoms with Gasteiger partial charge < -0.3 is 10.5 Å². The summed E-state index contributed by atoms with van der Waals surface area (Å²) in [4.78, 5) is 5.41. The van der Waals surface area contributed by atoms with Gasteiger partial charge in [-0.05, 0) is 18.2 Å². The number of nitrogens with two attached hydrogens (primary N) is 1. The van der Waals surface area contributed by atoms with Crippen LogP contribution in [0.3, 0.4) is 0 Å². The number of halogens is 1. The molecule has 1 heterocycles. The summed E-state index contributed by atoms with van der Waals surface area (Å²) in [6.07, 6.45) is 1.81. The van der Waals surface area contributed by atoms with E-state index in [0.717, 1.165) is 25.7 Å². The van der Waals surface area contributed by atoms with Crippen LogP contribution in [0.2, 0.25) is 0 Å². The smallest absolute Gasteiger partial charge is 0.129 e. The van der Waals surface area contributed by atoms with Crippen molar-refractivity contribution >= 4 is 27.3 Å². The third-order valence-electron chi connectivity index (χ3n) is 2.15. The van der Waals surface area contributed by atoms with Crippen molar-refractivity contribution in [3.8, 4) is 16.3 Å². The molecule has 0 saturated heterocycles. The van der Waals surface area contributed by atoms with Crippen molar-refractivity contribution < 1.29 is 4.74 Å². The fourth-order valence-corrected chi connectivity index (χ4v) is 2.55. The minimum absolute atomic E-state index is 0.522. The highest BCUT2D eigenvalue weighted by Gasteiger charge is 2.10. The van der Waals surface area contributed by atoms with Crippen LogP contribution in [0.15, 0.2) is 28.9 Å². The highest BCUT2D eigenvalue weighted by Crippen LogP contribution is 2.34. The lowest BCUT2D eigenvalue weighted by Gasteiger charge is -2.05. The molecule has 2 N–H and O–H groups in total. The summed E-state index contributed by atoms with van der Waals surface area (Å²) in [6.45, 7) is 0.522. The lowest BCUT2D eigenvalue weighted by molar-refractivity contribution is 0.416. The first-order valence-electron chi connectivity index (χ1n) is 4.73. The van der Waals surface area contributed by atoms with Crippen molar-refractivity contribution in [2.75, 3.05) is 7.11 Å². The van der Waals surface area contributed by atoms with Crippen LogP contribution < -0.4 is 10.5 Å². The maximum Gasteiger partial charge on any atom is 0.129 e. The van der Waals surface area contributed by atoms with E-state index in [1.54, 1.807) is 24.6 Å². The fraction of sp³-hybridized carbons (Fsp3) is 0.182. The van der Waals surface area contributed by atoms with E-state index in [0.29, 0.717) is 6.54 Å². The molecule has 0 atom stereocenters. The normalized spacial score (nSPS) is 10.4. The molecule has 84 valence electrons. The van der Waals surface area contributed by atoms with Gasteiger partial charge in [-0.3, -0.25) is 0 Å². The summed E-state index contributed by atoms with van der Waals surface area (Å²) < 4.78 is 6.32. The zero-order valence-corrected chi connectivity index (χ0v) is 11.1. The van der Waals surface area contributed by atoms with Crippen molar-refractivity contribution in [2.45, 2.75) is 6.54 Å². The molecular formula is C11H11BrN2OS. The van der Waals surface area contributed by atoms with Crippen LogP contribution in [0.5, 0.6) is 5.75 Å². The third-order valence-corrected chi connectivity index (χ3v) is 3.69. The molecule has 16 heavy (non-hydrogen) atoms. The Morgan fingerprint density at radius 2 is 2.31 bits per heavy atom. The van der Waals surface area contributed by atoms with E-state index < -0.39 is 0 Å². The van der Waals surface area contributed by atoms with Gasteiger partial charge in [0.25, 0.3) is 0 Å². The average Bonchev–Trinajstić information content (AvgIpc) is 2.77. The maximum absolute atomic E-state index is 5.57. The van der Waals surface area contributed by atoms with Gasteiger partial charge in [-0.15, -0.1) is 11.3 Å². The Labute approximate surface area is 106 Å². The molecule has 0 unspecified atom stereocenters. The van der Waals surface area contributed by atoms with Crippen LogP contribution in [0.25, 0.3) is 10.6 Å². The van der Waals surface area contributed by atoms with Crippen LogP contribution >= 0.6 is 27.3 Å². The zero-order valence-electron chi connectivity index (χ0n) is 8.74. The van der Waals surface area contributed by atoms with Crippen molar-refractivity contribution in [3.05, 3.63) is 33.7 Å². The summed E-state index contributed by atoms with van der Waals surface area (Å²) in [6, 6.07) is 5.86. The van der Waals surface area contributed by atoms with E-state index in [4.69, 9.17) is 10.5 Å². The second kappa shape index (κ2) is 4.95. The maximum atomic E-state index is 5.57. The predicted molar refractivity (Wildman–Crippen MR) is 69.7 cm³/mol. The van der Waals surface area contributed by atoms with E-state index in [1.807, 2.05) is 18.2 Å². The van der Waals surface area contributed by atoms with Crippen molar-refractivity contribution in [1.82, 2.24) is 4.98 Å². The molecule has 1 aromatic heterocycles. The van der Waals surface area contributed by atoms with Gasteiger partial charge in [0.15, 0.2) is 0 Å². The minimum Gasteiger partial charge on any atom is -0.496 e. The van der Waals surface area contributed by atoms with E-state index in [2.05, 4.69) is 20.9 Å². The third kappa shape index (κ3) is 2.26. The Morgan fingerprint density at radius 3 is 2.94 bits per heavy atom. The summed E-state index contributed by atoms with van der Waals surface area (Å²) in [5.41, 5.74) is 6.56. The number of aromatic nitrogens is 1. The molecule has 3 nitrogen and oxygen atoms in total. The van der Waals surface area contributed by atoms with Crippen LogP contribution in [-0.4, -0.2) is 12.1 Å². The molecular weight excluding hydrogens is 288 g/mol. The Balaban J connectivity index is 2.49. The van der Waals surface area contributed by atoms with Gasteiger partial charge in [0, 0.05) is 22.1 Å². The second-order valence-corrected chi connectivity index (χ2v) is 5.21. The van der Waals surface area contributed by atoms with Gasteiger partial charge in [-0.1, -0.05) is 15.9 Å². The predicted octanol–water partition coefficient (Wildman–Crippen LogP) is 3.04. The van der Waals surface area contributed by atoms with Gasteiger partial charge >= 0.3 is 0 Å². The SMILES string of the molecule is COc1ccc(Br)cc1-c1ncc(CN)s1. The second-order valence-electron chi connectivity index (χ2n) is 3.18. The Morgan fingerprint density at radius 1 is 1.50 bits per heavy atom. The topological polar surface area (TPSA) is 48.1 Å². The number of hydrogen-bond donors (Lipinski definition) is 1. The Hall–Kier alpha value is -0.910. The lowest BCUT2D eigenvalue weighted by Crippen LogP contribution is -1.91. The van der Waals surface area contributed by atoms with Crippen molar-refractivity contribution in [1.29, 1.82) is 0 Å². The summed E-state index contributed by atoms with van der Waals surface area (Å²) in [7, 11) is 1.66. The van der Waals surface area contributed by atoms with Crippen LogP contribution in [0.1, 0.15) is 4.88 Å². The van der Waals surface area contributed by atoms with Crippen molar-refractivity contribution in [2.24, 2.45) is 5.73 Å². The number of thiazole rings is 1. The fourth-order valence-electron chi connectivity index (χ4n) is 1.37. The zero-order chi connectivity index (χ0) is 11.5. The molecule has 0 aliphatic carbocycles. The van der Waals surface area contributed by atoms with Gasteiger partial charge in [0.1, 0.15) is 10.8 Å². The molecule has 0 spiro atoms. The van der Waals surface area contributed by atoms with Crippen molar-refractivity contribution in [3.63, 3.8) is 0 Å². The molecule has 2 rings (SSSR count). The molecule has 0 amide bonds. The van der Waals surface area contributed by atoms with Crippen LogP contribution in [0.4, 0.5) is 0 Å². The number of hydrogen-bond acceptors (Lipinski definition) is 4.